The van der Waals surface area contributed by atoms with Gasteiger partial charge in [0.1, 0.15) is 5.65 Å². The van der Waals surface area contributed by atoms with Crippen LogP contribution in [0, 0.1) is 53.7 Å². The largest absolute Gasteiger partial charge is 2.00 e. The van der Waals surface area contributed by atoms with Crippen LogP contribution in [0.1, 0.15) is 33.4 Å². The molecule has 0 aliphatic heterocycles. The molecule has 0 saturated heterocycles. The first-order valence-corrected chi connectivity index (χ1v) is 20.0. The zero-order chi connectivity index (χ0) is 40.1. The molecule has 0 atom stereocenters. The number of imidazole rings is 2. The van der Waals surface area contributed by atoms with Crippen LogP contribution in [0.3, 0.4) is 0 Å². The van der Waals surface area contributed by atoms with Gasteiger partial charge in [-0.05, 0) is 109 Å². The van der Waals surface area contributed by atoms with Crippen molar-refractivity contribution in [3.8, 4) is 45.1 Å². The van der Waals surface area contributed by atoms with Crippen molar-refractivity contribution in [2.75, 3.05) is 0 Å². The average Bonchev–Trinajstić information content (AvgIpc) is 3.90. The summed E-state index contributed by atoms with van der Waals surface area (Å²) in [6, 6.07) is 45.7. The predicted molar refractivity (Wildman–Crippen MR) is 241 cm³/mol. The Kier molecular flexibility index (Phi) is 8.96. The molecule has 60 heavy (non-hydrogen) atoms. The maximum Gasteiger partial charge on any atom is 2.00 e. The summed E-state index contributed by atoms with van der Waals surface area (Å²) in [4.78, 5) is 15.3. The average molecular weight is 957 g/mol. The Morgan fingerprint density at radius 1 is 0.517 bits per heavy atom. The van der Waals surface area contributed by atoms with E-state index in [-0.39, 0.29) is 21.1 Å². The van der Waals surface area contributed by atoms with Crippen LogP contribution in [-0.4, -0.2) is 23.8 Å². The van der Waals surface area contributed by atoms with Crippen LogP contribution in [0.4, 0.5) is 0 Å². The molecule has 0 bridgehead atoms. The van der Waals surface area contributed by atoms with Crippen molar-refractivity contribution >= 4 is 54.8 Å². The van der Waals surface area contributed by atoms with Crippen LogP contribution in [0.2, 0.25) is 0 Å². The number of ether oxygens (including phenoxy) is 1. The van der Waals surface area contributed by atoms with Gasteiger partial charge in [0.15, 0.2) is 0 Å². The van der Waals surface area contributed by atoms with Gasteiger partial charge >= 0.3 is 21.1 Å². The van der Waals surface area contributed by atoms with Gasteiger partial charge in [-0.1, -0.05) is 119 Å². The topological polar surface area (TPSA) is 56.7 Å². The Bertz CT molecular complexity index is 3500. The SMILES string of the molecule is Cc1cccc(C)c1-c1ccc2c3ccc(Oc4[c-]c5c(cc4)c4ccc(-c6c(C)cccc6C)nc4n4c(-c6c(C)cccc6C)cnc54)[c-]c3c3nccn3c2c1.[Pt+2]. The molecule has 0 radical (unpaired) electrons. The normalized spacial score (nSPS) is 11.7. The Morgan fingerprint density at radius 2 is 1.07 bits per heavy atom. The van der Waals surface area contributed by atoms with E-state index in [0.717, 1.165) is 77.3 Å². The van der Waals surface area contributed by atoms with E-state index in [1.54, 1.807) is 0 Å². The first-order valence-electron chi connectivity index (χ1n) is 20.0. The Labute approximate surface area is 362 Å². The summed E-state index contributed by atoms with van der Waals surface area (Å²) in [5.41, 5.74) is 17.5. The molecule has 6 aromatic carbocycles. The van der Waals surface area contributed by atoms with E-state index in [4.69, 9.17) is 19.7 Å². The van der Waals surface area contributed by atoms with Crippen molar-refractivity contribution in [1.82, 2.24) is 23.8 Å². The molecular weight excluding hydrogens is 918 g/mol. The van der Waals surface area contributed by atoms with E-state index >= 15 is 0 Å². The molecule has 292 valence electrons. The molecule has 6 nitrogen and oxygen atoms in total. The Balaban J connectivity index is 0.00000433. The Morgan fingerprint density at radius 3 is 1.72 bits per heavy atom. The summed E-state index contributed by atoms with van der Waals surface area (Å²) < 4.78 is 11.0. The number of benzene rings is 6. The summed E-state index contributed by atoms with van der Waals surface area (Å²) in [6.07, 6.45) is 5.85. The third-order valence-electron chi connectivity index (χ3n) is 12.1. The van der Waals surface area contributed by atoms with Gasteiger partial charge in [0.05, 0.1) is 22.7 Å². The quantitative estimate of drug-likeness (QED) is 0.127. The minimum Gasteiger partial charge on any atom is -0.497 e. The molecule has 0 fully saturated rings. The van der Waals surface area contributed by atoms with Crippen LogP contribution < -0.4 is 4.74 Å². The van der Waals surface area contributed by atoms with Crippen LogP contribution in [-0.2, 0) is 21.1 Å². The van der Waals surface area contributed by atoms with E-state index in [0.29, 0.717) is 11.5 Å². The van der Waals surface area contributed by atoms with Crippen LogP contribution in [0.15, 0.2) is 128 Å². The van der Waals surface area contributed by atoms with Gasteiger partial charge in [0.2, 0.25) is 0 Å². The first-order chi connectivity index (χ1) is 28.7. The summed E-state index contributed by atoms with van der Waals surface area (Å²) in [6.45, 7) is 13.0. The summed E-state index contributed by atoms with van der Waals surface area (Å²) in [5, 5.41) is 5.97. The summed E-state index contributed by atoms with van der Waals surface area (Å²) in [5.74, 6) is 1.16. The second-order valence-electron chi connectivity index (χ2n) is 15.8. The van der Waals surface area contributed by atoms with E-state index in [1.165, 1.54) is 44.5 Å². The maximum atomic E-state index is 6.63. The van der Waals surface area contributed by atoms with Gasteiger partial charge in [0, 0.05) is 46.7 Å². The van der Waals surface area contributed by atoms with E-state index < -0.39 is 0 Å². The Hall–Kier alpha value is -6.62. The molecule has 0 spiro atoms. The first kappa shape index (κ1) is 37.6. The predicted octanol–water partition coefficient (Wildman–Crippen LogP) is 13.2. The molecule has 0 amide bonds. The molecule has 11 aromatic rings. The third-order valence-corrected chi connectivity index (χ3v) is 12.1. The standard InChI is InChI=1S/C53H39N5O.Pt/c1-30-10-7-11-31(2)48(30)36-16-19-41-39-20-17-37(27-43(39)51-54-24-25-57(51)46(41)26-36)59-38-18-21-40-42-22-23-45(49-32(3)12-8-13-33(49)4)56-53(42)58-47(29-55-52(58)44(40)28-38)50-34(5)14-9-15-35(50)6;/h7-26,29H,1-6H3;/q-2;+2. The zero-order valence-corrected chi connectivity index (χ0v) is 36.4. The monoisotopic (exact) mass is 956 g/mol. The molecule has 5 heterocycles. The minimum absolute atomic E-state index is 0. The van der Waals surface area contributed by atoms with Gasteiger partial charge in [0.25, 0.3) is 0 Å². The van der Waals surface area contributed by atoms with Gasteiger partial charge in [-0.2, -0.15) is 0 Å². The number of nitrogens with zero attached hydrogens (tertiary/aromatic N) is 5. The summed E-state index contributed by atoms with van der Waals surface area (Å²) >= 11 is 0. The van der Waals surface area contributed by atoms with Gasteiger partial charge in [-0.3, -0.25) is 9.97 Å². The second-order valence-corrected chi connectivity index (χ2v) is 15.8. The molecule has 11 rings (SSSR count). The maximum absolute atomic E-state index is 6.63. The smallest absolute Gasteiger partial charge is 0.497 e. The van der Waals surface area contributed by atoms with Crippen LogP contribution >= 0.6 is 0 Å². The van der Waals surface area contributed by atoms with Crippen LogP contribution in [0.5, 0.6) is 11.5 Å². The van der Waals surface area contributed by atoms with Gasteiger partial charge in [-0.25, -0.2) is 4.98 Å². The number of fused-ring (bicyclic) bond motifs is 12. The molecule has 0 aliphatic rings. The van der Waals surface area contributed by atoms with E-state index in [1.807, 2.05) is 30.7 Å². The number of aromatic nitrogens is 5. The third kappa shape index (κ3) is 5.77. The number of pyridine rings is 3. The summed E-state index contributed by atoms with van der Waals surface area (Å²) in [7, 11) is 0. The molecule has 5 aromatic heterocycles. The van der Waals surface area contributed by atoms with Crippen molar-refractivity contribution in [2.24, 2.45) is 0 Å². The number of hydrogen-bond acceptors (Lipinski definition) is 4. The van der Waals surface area contributed by atoms with E-state index in [2.05, 4.69) is 160 Å². The van der Waals surface area contributed by atoms with Crippen molar-refractivity contribution in [1.29, 1.82) is 0 Å². The molecule has 7 heteroatoms. The fraction of sp³-hybridized carbons (Fsp3) is 0.113. The fourth-order valence-electron chi connectivity index (χ4n) is 9.38. The fourth-order valence-corrected chi connectivity index (χ4v) is 9.38. The van der Waals surface area contributed by atoms with Gasteiger partial charge in [-0.15, -0.1) is 12.1 Å². The van der Waals surface area contributed by atoms with Gasteiger partial charge < -0.3 is 13.5 Å². The minimum atomic E-state index is 0. The number of hydrogen-bond donors (Lipinski definition) is 0. The van der Waals surface area contributed by atoms with Crippen LogP contribution in [0.25, 0.3) is 88.4 Å². The zero-order valence-electron chi connectivity index (χ0n) is 34.1. The van der Waals surface area contributed by atoms with E-state index in [9.17, 15) is 0 Å². The molecule has 0 saturated carbocycles. The van der Waals surface area contributed by atoms with Crippen molar-refractivity contribution < 1.29 is 25.8 Å². The number of aryl methyl sites for hydroxylation is 6. The molecular formula is C53H39N5OPt. The van der Waals surface area contributed by atoms with Crippen molar-refractivity contribution in [3.05, 3.63) is 173 Å². The second kappa shape index (κ2) is 14.3. The molecule has 0 N–H and O–H groups in total. The molecule has 0 unspecified atom stereocenters. The van der Waals surface area contributed by atoms with Crippen molar-refractivity contribution in [3.63, 3.8) is 0 Å². The van der Waals surface area contributed by atoms with Crippen molar-refractivity contribution in [2.45, 2.75) is 41.5 Å². The number of rotatable bonds is 5. The molecule has 0 aliphatic carbocycles.